The molecule has 2 N–H and O–H groups in total. The molecule has 3 aliphatic rings. The maximum atomic E-state index is 12.8. The minimum atomic E-state index is -4.34. The second-order valence-electron chi connectivity index (χ2n) is 13.2. The maximum Gasteiger partial charge on any atom is 0.416 e. The Kier molecular flexibility index (Phi) is 10.5. The van der Waals surface area contributed by atoms with Gasteiger partial charge >= 0.3 is 18.4 Å². The van der Waals surface area contributed by atoms with E-state index in [4.69, 9.17) is 9.47 Å². The summed E-state index contributed by atoms with van der Waals surface area (Å²) in [5.74, 6) is 0.323. The number of nitrogens with zero attached hydrogens (tertiary/aromatic N) is 2. The van der Waals surface area contributed by atoms with Gasteiger partial charge in [-0.15, -0.1) is 0 Å². The summed E-state index contributed by atoms with van der Waals surface area (Å²) in [6.45, 7) is 9.47. The van der Waals surface area contributed by atoms with Gasteiger partial charge in [0.1, 0.15) is 11.2 Å². The molecule has 0 aromatic heterocycles. The molecule has 2 saturated heterocycles. The first kappa shape index (κ1) is 32.9. The van der Waals surface area contributed by atoms with E-state index >= 15 is 0 Å². The molecular weight excluding hydrogens is 565 g/mol. The molecule has 0 atom stereocenters. The van der Waals surface area contributed by atoms with Crippen molar-refractivity contribution >= 4 is 18.1 Å². The van der Waals surface area contributed by atoms with Crippen LogP contribution in [0.2, 0.25) is 0 Å². The number of alkyl carbamates (subject to hydrolysis) is 1. The number of hydrogen-bond acceptors (Lipinski definition) is 6. The fourth-order valence-electron chi connectivity index (χ4n) is 6.14. The standard InChI is InChI=1S/C31H45F3N4O5/c1-29(2,3)42-27(40)36-16-4-15-35-26(39)24-9-5-23(6-10-24)20-38-21-30(43-28(38)41)13-17-37(18-14-30)19-22-7-11-25(12-8-22)31(32,33)34/h7-8,11-12,23-24H,4-6,9-10,13-21H2,1-3H3,(H,35,39)(H,36,40). The number of benzene rings is 1. The van der Waals surface area contributed by atoms with E-state index in [2.05, 4.69) is 15.5 Å². The van der Waals surface area contributed by atoms with Crippen LogP contribution in [0.15, 0.2) is 24.3 Å². The van der Waals surface area contributed by atoms with Gasteiger partial charge in [-0.2, -0.15) is 13.2 Å². The fourth-order valence-corrected chi connectivity index (χ4v) is 6.14. The maximum absolute atomic E-state index is 12.8. The van der Waals surface area contributed by atoms with Crippen molar-refractivity contribution in [3.05, 3.63) is 35.4 Å². The van der Waals surface area contributed by atoms with E-state index in [0.29, 0.717) is 71.0 Å². The van der Waals surface area contributed by atoms with E-state index in [1.807, 2.05) is 4.90 Å². The van der Waals surface area contributed by atoms with Crippen molar-refractivity contribution in [1.82, 2.24) is 20.4 Å². The summed E-state index contributed by atoms with van der Waals surface area (Å²) in [6.07, 6.45) is 0.207. The molecule has 0 bridgehead atoms. The highest BCUT2D eigenvalue weighted by molar-refractivity contribution is 5.78. The highest BCUT2D eigenvalue weighted by atomic mass is 19.4. The van der Waals surface area contributed by atoms with E-state index in [-0.39, 0.29) is 17.9 Å². The third-order valence-electron chi connectivity index (χ3n) is 8.51. The normalized spacial score (nSPS) is 22.7. The number of hydrogen-bond donors (Lipinski definition) is 2. The quantitative estimate of drug-likeness (QED) is 0.367. The van der Waals surface area contributed by atoms with Crippen molar-refractivity contribution in [1.29, 1.82) is 0 Å². The number of amides is 3. The first-order chi connectivity index (χ1) is 20.2. The number of piperidine rings is 1. The Labute approximate surface area is 251 Å². The van der Waals surface area contributed by atoms with Crippen LogP contribution in [0.25, 0.3) is 0 Å². The van der Waals surface area contributed by atoms with Gasteiger partial charge in [-0.05, 0) is 76.5 Å². The van der Waals surface area contributed by atoms with Gasteiger partial charge in [-0.25, -0.2) is 9.59 Å². The minimum Gasteiger partial charge on any atom is -0.444 e. The van der Waals surface area contributed by atoms with Crippen LogP contribution in [0.1, 0.15) is 76.8 Å². The summed E-state index contributed by atoms with van der Waals surface area (Å²) < 4.78 is 49.6. The van der Waals surface area contributed by atoms with Crippen LogP contribution in [-0.4, -0.2) is 78.4 Å². The second kappa shape index (κ2) is 13.7. The number of ether oxygens (including phenoxy) is 2. The van der Waals surface area contributed by atoms with Gasteiger partial charge in [0.15, 0.2) is 0 Å². The minimum absolute atomic E-state index is 0.0401. The summed E-state index contributed by atoms with van der Waals surface area (Å²) in [5, 5.41) is 5.66. The van der Waals surface area contributed by atoms with Crippen LogP contribution in [0.3, 0.4) is 0 Å². The van der Waals surface area contributed by atoms with Crippen LogP contribution >= 0.6 is 0 Å². The van der Waals surface area contributed by atoms with E-state index in [0.717, 1.165) is 43.4 Å². The first-order valence-electron chi connectivity index (χ1n) is 15.3. The molecule has 2 heterocycles. The Balaban J connectivity index is 1.12. The van der Waals surface area contributed by atoms with Gasteiger partial charge in [0.25, 0.3) is 0 Å². The van der Waals surface area contributed by atoms with Crippen molar-refractivity contribution < 1.29 is 37.0 Å². The molecule has 0 radical (unpaired) electrons. The highest BCUT2D eigenvalue weighted by Crippen LogP contribution is 2.36. The van der Waals surface area contributed by atoms with Crippen molar-refractivity contribution in [2.75, 3.05) is 39.3 Å². The third-order valence-corrected chi connectivity index (χ3v) is 8.51. The lowest BCUT2D eigenvalue weighted by Gasteiger charge is -2.37. The van der Waals surface area contributed by atoms with Gasteiger partial charge < -0.3 is 25.0 Å². The Bertz CT molecular complexity index is 1110. The molecule has 12 heteroatoms. The molecule has 3 fully saturated rings. The number of carbonyl (C=O) groups is 3. The number of nitrogens with one attached hydrogen (secondary N) is 2. The van der Waals surface area contributed by atoms with Crippen molar-refractivity contribution in [2.24, 2.45) is 11.8 Å². The van der Waals surface area contributed by atoms with Gasteiger partial charge in [0.2, 0.25) is 5.91 Å². The first-order valence-corrected chi connectivity index (χ1v) is 15.3. The molecule has 1 aromatic rings. The SMILES string of the molecule is CC(C)(C)OC(=O)NCCCNC(=O)C1CCC(CN2CC3(CCN(Cc4ccc(C(F)(F)F)cc4)CC3)OC2=O)CC1. The summed E-state index contributed by atoms with van der Waals surface area (Å²) in [4.78, 5) is 41.1. The zero-order chi connectivity index (χ0) is 31.3. The van der Waals surface area contributed by atoms with Gasteiger partial charge in [0.05, 0.1) is 12.1 Å². The molecule has 43 heavy (non-hydrogen) atoms. The van der Waals surface area contributed by atoms with Crippen LogP contribution in [0.4, 0.5) is 22.8 Å². The summed E-state index contributed by atoms with van der Waals surface area (Å²) in [7, 11) is 0. The van der Waals surface area contributed by atoms with E-state index < -0.39 is 29.0 Å². The zero-order valence-corrected chi connectivity index (χ0v) is 25.4. The molecule has 9 nitrogen and oxygen atoms in total. The second-order valence-corrected chi connectivity index (χ2v) is 13.2. The predicted molar refractivity (Wildman–Crippen MR) is 154 cm³/mol. The topological polar surface area (TPSA) is 100 Å². The van der Waals surface area contributed by atoms with Gasteiger partial charge in [-0.1, -0.05) is 12.1 Å². The molecule has 2 aliphatic heterocycles. The molecule has 1 aliphatic carbocycles. The number of likely N-dealkylation sites (tertiary alicyclic amines) is 1. The molecule has 0 unspecified atom stereocenters. The van der Waals surface area contributed by atoms with E-state index in [1.54, 1.807) is 20.8 Å². The van der Waals surface area contributed by atoms with Crippen molar-refractivity contribution in [3.63, 3.8) is 0 Å². The summed E-state index contributed by atoms with van der Waals surface area (Å²) in [5.41, 5.74) is -0.878. The van der Waals surface area contributed by atoms with Crippen molar-refractivity contribution in [3.8, 4) is 0 Å². The lowest BCUT2D eigenvalue weighted by atomic mass is 9.81. The molecule has 1 aromatic carbocycles. The number of halogens is 3. The molecule has 1 spiro atoms. The zero-order valence-electron chi connectivity index (χ0n) is 25.4. The highest BCUT2D eigenvalue weighted by Gasteiger charge is 2.47. The molecule has 4 rings (SSSR count). The molecular formula is C31H45F3N4O5. The Hall–Kier alpha value is -3.02. The largest absolute Gasteiger partial charge is 0.444 e. The molecule has 1 saturated carbocycles. The number of alkyl halides is 3. The third kappa shape index (κ3) is 9.74. The van der Waals surface area contributed by atoms with Gasteiger partial charge in [0, 0.05) is 58.0 Å². The Morgan fingerprint density at radius 3 is 2.23 bits per heavy atom. The molecule has 3 amide bonds. The van der Waals surface area contributed by atoms with Crippen LogP contribution in [0.5, 0.6) is 0 Å². The lowest BCUT2D eigenvalue weighted by molar-refractivity contribution is -0.137. The van der Waals surface area contributed by atoms with E-state index in [1.165, 1.54) is 12.1 Å². The van der Waals surface area contributed by atoms with Gasteiger partial charge in [-0.3, -0.25) is 9.69 Å². The fraction of sp³-hybridized carbons (Fsp3) is 0.710. The van der Waals surface area contributed by atoms with Crippen LogP contribution in [-0.2, 0) is 27.0 Å². The van der Waals surface area contributed by atoms with Crippen molar-refractivity contribution in [2.45, 2.75) is 89.6 Å². The van der Waals surface area contributed by atoms with Crippen LogP contribution in [0, 0.1) is 11.8 Å². The van der Waals surface area contributed by atoms with Crippen LogP contribution < -0.4 is 10.6 Å². The summed E-state index contributed by atoms with van der Waals surface area (Å²) >= 11 is 0. The average molecular weight is 611 g/mol. The molecule has 240 valence electrons. The monoisotopic (exact) mass is 610 g/mol. The predicted octanol–water partition coefficient (Wildman–Crippen LogP) is 5.33. The number of carbonyl (C=O) groups excluding carboxylic acids is 3. The Morgan fingerprint density at radius 2 is 1.63 bits per heavy atom. The van der Waals surface area contributed by atoms with E-state index in [9.17, 15) is 27.6 Å². The average Bonchev–Trinajstić information content (AvgIpc) is 3.23. The Morgan fingerprint density at radius 1 is 1.00 bits per heavy atom. The summed E-state index contributed by atoms with van der Waals surface area (Å²) in [6, 6.07) is 5.28. The lowest BCUT2D eigenvalue weighted by Crippen LogP contribution is -2.46. The smallest absolute Gasteiger partial charge is 0.416 e. The number of rotatable bonds is 9.